The molecule has 0 radical (unpaired) electrons. The number of rotatable bonds is 8. The largest absolute Gasteiger partial charge is 0.497 e. The van der Waals surface area contributed by atoms with E-state index in [1.165, 1.54) is 44.6 Å². The first-order valence-electron chi connectivity index (χ1n) is 9.72. The number of carbonyl (C=O) groups is 1. The highest BCUT2D eigenvalue weighted by Gasteiger charge is 2.24. The van der Waals surface area contributed by atoms with Crippen LogP contribution in [0.4, 0.5) is 5.69 Å². The first kappa shape index (κ1) is 22.7. The van der Waals surface area contributed by atoms with Gasteiger partial charge in [0.15, 0.2) is 6.10 Å². The summed E-state index contributed by atoms with van der Waals surface area (Å²) >= 11 is 0. The normalized spacial score (nSPS) is 15.1. The molecule has 1 atom stereocenters. The average molecular weight is 451 g/mol. The lowest BCUT2D eigenvalue weighted by Gasteiger charge is -2.29. The Morgan fingerprint density at radius 1 is 1.03 bits per heavy atom. The third-order valence-corrected chi connectivity index (χ3v) is 6.15. The van der Waals surface area contributed by atoms with E-state index < -0.39 is 16.1 Å². The summed E-state index contributed by atoms with van der Waals surface area (Å²) in [6.07, 6.45) is -0.695. The van der Waals surface area contributed by atoms with Gasteiger partial charge >= 0.3 is 0 Å². The van der Waals surface area contributed by atoms with Gasteiger partial charge in [-0.15, -0.1) is 0 Å². The fourth-order valence-corrected chi connectivity index (χ4v) is 4.15. The molecule has 1 aliphatic rings. The molecule has 3 rings (SSSR count). The summed E-state index contributed by atoms with van der Waals surface area (Å²) in [5.74, 6) is 1.11. The van der Waals surface area contributed by atoms with E-state index in [1.54, 1.807) is 24.0 Å². The molecule has 1 aliphatic heterocycles. The molecule has 0 bridgehead atoms. The van der Waals surface area contributed by atoms with Gasteiger partial charge in [-0.2, -0.15) is 0 Å². The minimum atomic E-state index is -3.88. The van der Waals surface area contributed by atoms with Crippen LogP contribution >= 0.6 is 0 Å². The number of morpholine rings is 1. The molecule has 0 spiro atoms. The highest BCUT2D eigenvalue weighted by molar-refractivity contribution is 7.92. The summed E-state index contributed by atoms with van der Waals surface area (Å²) in [7, 11) is -0.941. The van der Waals surface area contributed by atoms with Crippen molar-refractivity contribution in [1.29, 1.82) is 0 Å². The quantitative estimate of drug-likeness (QED) is 0.657. The number of nitrogens with one attached hydrogen (secondary N) is 1. The number of sulfonamides is 1. The van der Waals surface area contributed by atoms with Crippen molar-refractivity contribution < 1.29 is 32.2 Å². The predicted octanol–water partition coefficient (Wildman–Crippen LogP) is 2.13. The first-order valence-corrected chi connectivity index (χ1v) is 11.2. The summed E-state index contributed by atoms with van der Waals surface area (Å²) in [6, 6.07) is 10.7. The summed E-state index contributed by atoms with van der Waals surface area (Å²) in [4.78, 5) is 14.2. The van der Waals surface area contributed by atoms with Gasteiger partial charge in [-0.1, -0.05) is 0 Å². The van der Waals surface area contributed by atoms with Crippen LogP contribution in [0.3, 0.4) is 0 Å². The van der Waals surface area contributed by atoms with E-state index in [4.69, 9.17) is 18.9 Å². The van der Waals surface area contributed by atoms with Gasteiger partial charge in [-0.25, -0.2) is 8.42 Å². The van der Waals surface area contributed by atoms with Crippen molar-refractivity contribution in [2.75, 3.05) is 45.2 Å². The first-order chi connectivity index (χ1) is 14.8. The van der Waals surface area contributed by atoms with Crippen LogP contribution in [0.15, 0.2) is 47.4 Å². The van der Waals surface area contributed by atoms with Gasteiger partial charge in [0, 0.05) is 19.2 Å². The molecule has 168 valence electrons. The maximum Gasteiger partial charge on any atom is 0.263 e. The minimum absolute atomic E-state index is 0.0388. The second kappa shape index (κ2) is 9.88. The van der Waals surface area contributed by atoms with Crippen molar-refractivity contribution in [1.82, 2.24) is 4.90 Å². The van der Waals surface area contributed by atoms with Crippen LogP contribution in [-0.4, -0.2) is 65.9 Å². The molecule has 0 aliphatic carbocycles. The molecule has 10 heteroatoms. The summed E-state index contributed by atoms with van der Waals surface area (Å²) in [6.45, 7) is 3.75. The number of carbonyl (C=O) groups excluding carboxylic acids is 1. The Kier molecular flexibility index (Phi) is 7.24. The van der Waals surface area contributed by atoms with Crippen molar-refractivity contribution in [3.63, 3.8) is 0 Å². The average Bonchev–Trinajstić information content (AvgIpc) is 2.79. The van der Waals surface area contributed by atoms with Crippen molar-refractivity contribution in [3.8, 4) is 17.2 Å². The third kappa shape index (κ3) is 5.59. The van der Waals surface area contributed by atoms with E-state index in [2.05, 4.69) is 4.72 Å². The zero-order valence-electron chi connectivity index (χ0n) is 17.7. The topological polar surface area (TPSA) is 103 Å². The monoisotopic (exact) mass is 450 g/mol. The molecule has 1 amide bonds. The summed E-state index contributed by atoms with van der Waals surface area (Å²) in [5.41, 5.74) is 0.256. The summed E-state index contributed by atoms with van der Waals surface area (Å²) < 4.78 is 49.4. The number of amides is 1. The van der Waals surface area contributed by atoms with Crippen LogP contribution in [-0.2, 0) is 19.6 Å². The van der Waals surface area contributed by atoms with Crippen LogP contribution in [0, 0.1) is 0 Å². The fourth-order valence-electron chi connectivity index (χ4n) is 3.09. The van der Waals surface area contributed by atoms with Crippen LogP contribution < -0.4 is 18.9 Å². The van der Waals surface area contributed by atoms with E-state index in [-0.39, 0.29) is 16.5 Å². The number of ether oxygens (including phenoxy) is 4. The lowest BCUT2D eigenvalue weighted by molar-refractivity contribution is -0.142. The smallest absolute Gasteiger partial charge is 0.263 e. The molecule has 1 heterocycles. The van der Waals surface area contributed by atoms with Crippen LogP contribution in [0.1, 0.15) is 6.92 Å². The second-order valence-corrected chi connectivity index (χ2v) is 8.52. The lowest BCUT2D eigenvalue weighted by atomic mass is 10.3. The van der Waals surface area contributed by atoms with Gasteiger partial charge < -0.3 is 23.8 Å². The van der Waals surface area contributed by atoms with Gasteiger partial charge in [0.05, 0.1) is 38.0 Å². The Balaban J connectivity index is 1.69. The number of hydrogen-bond donors (Lipinski definition) is 1. The maximum atomic E-state index is 12.8. The Morgan fingerprint density at radius 2 is 1.68 bits per heavy atom. The third-order valence-electron chi connectivity index (χ3n) is 4.77. The molecule has 1 saturated heterocycles. The van der Waals surface area contributed by atoms with Crippen molar-refractivity contribution >= 4 is 21.6 Å². The van der Waals surface area contributed by atoms with Gasteiger partial charge in [-0.05, 0) is 43.3 Å². The van der Waals surface area contributed by atoms with Crippen molar-refractivity contribution in [2.45, 2.75) is 17.9 Å². The molecule has 0 unspecified atom stereocenters. The molecule has 0 aromatic heterocycles. The van der Waals surface area contributed by atoms with Gasteiger partial charge in [0.25, 0.3) is 15.9 Å². The zero-order chi connectivity index (χ0) is 22.4. The SMILES string of the molecule is COc1ccc(OC)c(NS(=O)(=O)c2ccc(O[C@@H](C)C(=O)N3CCOCC3)cc2)c1. The lowest BCUT2D eigenvalue weighted by Crippen LogP contribution is -2.46. The van der Waals surface area contributed by atoms with Gasteiger partial charge in [0.2, 0.25) is 0 Å². The van der Waals surface area contributed by atoms with Crippen LogP contribution in [0.5, 0.6) is 17.2 Å². The number of methoxy groups -OCH3 is 2. The highest BCUT2D eigenvalue weighted by Crippen LogP contribution is 2.31. The standard InChI is InChI=1S/C21H26N2O7S/c1-15(21(24)23-10-12-29-13-11-23)30-16-4-7-18(8-5-16)31(25,26)22-19-14-17(27-2)6-9-20(19)28-3/h4-9,14-15,22H,10-13H2,1-3H3/t15-/m0/s1. The molecule has 31 heavy (non-hydrogen) atoms. The molecule has 2 aromatic carbocycles. The van der Waals surface area contributed by atoms with Gasteiger partial charge in [0.1, 0.15) is 17.2 Å². The number of benzene rings is 2. The highest BCUT2D eigenvalue weighted by atomic mass is 32.2. The predicted molar refractivity (Wildman–Crippen MR) is 114 cm³/mol. The van der Waals surface area contributed by atoms with Crippen LogP contribution in [0.25, 0.3) is 0 Å². The molecule has 2 aromatic rings. The Bertz CT molecular complexity index is 1000. The van der Waals surface area contributed by atoms with Crippen molar-refractivity contribution in [3.05, 3.63) is 42.5 Å². The Labute approximate surface area is 181 Å². The molecule has 0 saturated carbocycles. The van der Waals surface area contributed by atoms with E-state index in [1.807, 2.05) is 0 Å². The minimum Gasteiger partial charge on any atom is -0.497 e. The molecule has 9 nitrogen and oxygen atoms in total. The Hall–Kier alpha value is -2.98. The Morgan fingerprint density at radius 3 is 2.29 bits per heavy atom. The fraction of sp³-hybridized carbons (Fsp3) is 0.381. The molecule has 1 N–H and O–H groups in total. The van der Waals surface area contributed by atoms with Gasteiger partial charge in [-0.3, -0.25) is 9.52 Å². The van der Waals surface area contributed by atoms with Crippen molar-refractivity contribution in [2.24, 2.45) is 0 Å². The number of nitrogens with zero attached hydrogens (tertiary/aromatic N) is 1. The molecular weight excluding hydrogens is 424 g/mol. The zero-order valence-corrected chi connectivity index (χ0v) is 18.5. The van der Waals surface area contributed by atoms with E-state index in [0.29, 0.717) is 43.6 Å². The molecular formula is C21H26N2O7S. The summed E-state index contributed by atoms with van der Waals surface area (Å²) in [5, 5.41) is 0. The van der Waals surface area contributed by atoms with Crippen LogP contribution in [0.2, 0.25) is 0 Å². The van der Waals surface area contributed by atoms with E-state index in [0.717, 1.165) is 0 Å². The number of anilines is 1. The molecule has 1 fully saturated rings. The second-order valence-electron chi connectivity index (χ2n) is 6.84. The van der Waals surface area contributed by atoms with E-state index >= 15 is 0 Å². The number of hydrogen-bond acceptors (Lipinski definition) is 7. The maximum absolute atomic E-state index is 12.8. The van der Waals surface area contributed by atoms with E-state index in [9.17, 15) is 13.2 Å².